The van der Waals surface area contributed by atoms with Crippen molar-refractivity contribution in [1.29, 1.82) is 0 Å². The Bertz CT molecular complexity index is 247. The molecule has 13 heavy (non-hydrogen) atoms. The lowest BCUT2D eigenvalue weighted by Gasteiger charge is -2.25. The van der Waals surface area contributed by atoms with Crippen LogP contribution < -0.4 is 5.73 Å². The highest BCUT2D eigenvalue weighted by Crippen LogP contribution is 2.32. The van der Waals surface area contributed by atoms with Gasteiger partial charge >= 0.3 is 0 Å². The first-order valence-corrected chi connectivity index (χ1v) is 5.12. The largest absolute Gasteiger partial charge is 0.255 e. The van der Waals surface area contributed by atoms with Crippen molar-refractivity contribution in [2.24, 2.45) is 0 Å². The Hall–Kier alpha value is -0.820. The fourth-order valence-corrected chi connectivity index (χ4v) is 2.15. The second-order valence-corrected chi connectivity index (χ2v) is 3.96. The Balaban J connectivity index is 2.03. The van der Waals surface area contributed by atoms with Gasteiger partial charge in [0.2, 0.25) is 0 Å². The van der Waals surface area contributed by atoms with E-state index in [0.717, 1.165) is 18.8 Å². The van der Waals surface area contributed by atoms with E-state index in [0.29, 0.717) is 0 Å². The lowest BCUT2D eigenvalue weighted by atomic mass is 9.82. The van der Waals surface area contributed by atoms with Crippen molar-refractivity contribution in [2.75, 3.05) is 0 Å². The maximum Gasteiger partial charge on any atom is 0.0213 e. The molecule has 1 fully saturated rings. The van der Waals surface area contributed by atoms with Crippen LogP contribution in [0.2, 0.25) is 0 Å². The van der Waals surface area contributed by atoms with Crippen LogP contribution >= 0.6 is 0 Å². The van der Waals surface area contributed by atoms with Gasteiger partial charge in [0, 0.05) is 6.04 Å². The van der Waals surface area contributed by atoms with E-state index in [9.17, 15) is 0 Å². The summed E-state index contributed by atoms with van der Waals surface area (Å²) >= 11 is 0. The fraction of sp³-hybridized carbons (Fsp3) is 0.500. The molecule has 1 aliphatic rings. The summed E-state index contributed by atoms with van der Waals surface area (Å²) < 4.78 is 0. The molecule has 0 saturated heterocycles. The van der Waals surface area contributed by atoms with Crippen molar-refractivity contribution in [3.05, 3.63) is 35.9 Å². The minimum Gasteiger partial charge on any atom is -0.255 e. The van der Waals surface area contributed by atoms with Gasteiger partial charge in [0.25, 0.3) is 0 Å². The smallest absolute Gasteiger partial charge is 0.0213 e. The molecule has 0 amide bonds. The minimum atomic E-state index is 0.208. The predicted octanol–water partition coefficient (Wildman–Crippen LogP) is 3.00. The molecular weight excluding hydrogens is 158 g/mol. The molecule has 1 saturated carbocycles. The molecule has 0 aromatic heterocycles. The summed E-state index contributed by atoms with van der Waals surface area (Å²) in [6.45, 7) is 0. The summed E-state index contributed by atoms with van der Waals surface area (Å²) in [6.07, 6.45) is 4.58. The highest BCUT2D eigenvalue weighted by Gasteiger charge is 2.19. The highest BCUT2D eigenvalue weighted by atomic mass is 14.6. The van der Waals surface area contributed by atoms with E-state index in [2.05, 4.69) is 30.3 Å². The summed E-state index contributed by atoms with van der Waals surface area (Å²) in [4.78, 5) is 0. The van der Waals surface area contributed by atoms with Crippen molar-refractivity contribution in [1.82, 2.24) is 5.73 Å². The second kappa shape index (κ2) is 3.93. The summed E-state index contributed by atoms with van der Waals surface area (Å²) in [5.41, 5.74) is 9.09. The van der Waals surface area contributed by atoms with Crippen molar-refractivity contribution < 1.29 is 0 Å². The quantitative estimate of drug-likeness (QED) is 0.625. The summed E-state index contributed by atoms with van der Waals surface area (Å²) in [6, 6.07) is 10.9. The summed E-state index contributed by atoms with van der Waals surface area (Å²) in [5, 5.41) is 0. The molecule has 1 aliphatic carbocycles. The van der Waals surface area contributed by atoms with Gasteiger partial charge in [-0.25, -0.2) is 0 Å². The monoisotopic (exact) mass is 174 g/mol. The third-order valence-corrected chi connectivity index (χ3v) is 3.00. The molecule has 1 aromatic rings. The third kappa shape index (κ3) is 2.10. The van der Waals surface area contributed by atoms with Crippen LogP contribution in [-0.2, 0) is 0 Å². The van der Waals surface area contributed by atoms with E-state index < -0.39 is 0 Å². The standard InChI is InChI=1S/C12H16N/c13-12-8-6-11(7-9-12)10-4-2-1-3-5-10/h1-5,11-13H,6-9H2/t11-,12-. The van der Waals surface area contributed by atoms with Crippen LogP contribution in [0, 0.1) is 0 Å². The molecule has 1 N–H and O–H groups in total. The van der Waals surface area contributed by atoms with Crippen LogP contribution in [-0.4, -0.2) is 6.04 Å². The number of nitrogens with one attached hydrogen (secondary N) is 1. The molecule has 0 bridgehead atoms. The Kier molecular flexibility index (Phi) is 2.65. The van der Waals surface area contributed by atoms with Crippen LogP contribution in [0.4, 0.5) is 0 Å². The van der Waals surface area contributed by atoms with Gasteiger partial charge in [0.05, 0.1) is 0 Å². The van der Waals surface area contributed by atoms with Crippen LogP contribution in [0.1, 0.15) is 37.2 Å². The first-order chi connectivity index (χ1) is 6.36. The van der Waals surface area contributed by atoms with Crippen molar-refractivity contribution in [2.45, 2.75) is 37.6 Å². The molecule has 2 rings (SSSR count). The average Bonchev–Trinajstić information content (AvgIpc) is 2.20. The lowest BCUT2D eigenvalue weighted by Crippen LogP contribution is -2.18. The van der Waals surface area contributed by atoms with Gasteiger partial charge in [0.1, 0.15) is 0 Å². The fourth-order valence-electron chi connectivity index (χ4n) is 2.15. The zero-order valence-electron chi connectivity index (χ0n) is 7.87. The Labute approximate surface area is 80.0 Å². The number of hydrogen-bond donors (Lipinski definition) is 0. The highest BCUT2D eigenvalue weighted by molar-refractivity contribution is 5.19. The molecule has 1 nitrogen and oxygen atoms in total. The second-order valence-electron chi connectivity index (χ2n) is 3.96. The number of hydrogen-bond acceptors (Lipinski definition) is 0. The zero-order chi connectivity index (χ0) is 9.10. The first kappa shape index (κ1) is 8.76. The predicted molar refractivity (Wildman–Crippen MR) is 54.5 cm³/mol. The van der Waals surface area contributed by atoms with Gasteiger partial charge < -0.3 is 0 Å². The molecule has 0 spiro atoms. The molecular formula is C12H16N. The van der Waals surface area contributed by atoms with E-state index in [1.807, 2.05) is 0 Å². The topological polar surface area (TPSA) is 23.8 Å². The molecule has 0 unspecified atom stereocenters. The minimum absolute atomic E-state index is 0.208. The van der Waals surface area contributed by atoms with Crippen LogP contribution in [0.3, 0.4) is 0 Å². The molecule has 1 heteroatoms. The molecule has 0 aliphatic heterocycles. The first-order valence-electron chi connectivity index (χ1n) is 5.12. The third-order valence-electron chi connectivity index (χ3n) is 3.00. The van der Waals surface area contributed by atoms with Gasteiger partial charge in [-0.05, 0) is 37.2 Å². The molecule has 0 atom stereocenters. The summed E-state index contributed by atoms with van der Waals surface area (Å²) in [7, 11) is 0. The molecule has 69 valence electrons. The van der Waals surface area contributed by atoms with Gasteiger partial charge in [0.15, 0.2) is 0 Å². The van der Waals surface area contributed by atoms with E-state index in [1.165, 1.54) is 18.4 Å². The maximum absolute atomic E-state index is 7.62. The average molecular weight is 174 g/mol. The van der Waals surface area contributed by atoms with Crippen molar-refractivity contribution in [3.63, 3.8) is 0 Å². The normalized spacial score (nSPS) is 28.7. The van der Waals surface area contributed by atoms with E-state index in [-0.39, 0.29) is 6.04 Å². The lowest BCUT2D eigenvalue weighted by molar-refractivity contribution is 0.388. The van der Waals surface area contributed by atoms with Gasteiger partial charge in [-0.3, -0.25) is 5.73 Å². The van der Waals surface area contributed by atoms with E-state index in [4.69, 9.17) is 5.73 Å². The van der Waals surface area contributed by atoms with Gasteiger partial charge in [-0.15, -0.1) is 0 Å². The molecule has 1 radical (unpaired) electrons. The van der Waals surface area contributed by atoms with E-state index in [1.54, 1.807) is 0 Å². The van der Waals surface area contributed by atoms with Crippen LogP contribution in [0.15, 0.2) is 30.3 Å². The van der Waals surface area contributed by atoms with Crippen molar-refractivity contribution >= 4 is 0 Å². The number of rotatable bonds is 1. The number of benzene rings is 1. The Morgan fingerprint density at radius 1 is 0.923 bits per heavy atom. The van der Waals surface area contributed by atoms with Crippen LogP contribution in [0.5, 0.6) is 0 Å². The van der Waals surface area contributed by atoms with Gasteiger partial charge in [-0.1, -0.05) is 30.3 Å². The van der Waals surface area contributed by atoms with Crippen molar-refractivity contribution in [3.8, 4) is 0 Å². The van der Waals surface area contributed by atoms with Crippen LogP contribution in [0.25, 0.3) is 0 Å². The summed E-state index contributed by atoms with van der Waals surface area (Å²) in [5.74, 6) is 0.725. The zero-order valence-corrected chi connectivity index (χ0v) is 7.87. The molecule has 1 aromatic carbocycles. The SMILES string of the molecule is [NH][C@H]1CC[C@H](c2ccccc2)CC1. The Morgan fingerprint density at radius 3 is 2.15 bits per heavy atom. The molecule has 0 heterocycles. The van der Waals surface area contributed by atoms with Gasteiger partial charge in [-0.2, -0.15) is 0 Å². The maximum atomic E-state index is 7.62. The Morgan fingerprint density at radius 2 is 1.54 bits per heavy atom. The van der Waals surface area contributed by atoms with E-state index >= 15 is 0 Å².